The second kappa shape index (κ2) is 12.4. The molecule has 230 valence electrons. The highest BCUT2D eigenvalue weighted by atomic mass is 19.4. The Morgan fingerprint density at radius 1 is 1.07 bits per heavy atom. The van der Waals surface area contributed by atoms with E-state index in [1.165, 1.54) is 12.3 Å². The average molecular weight is 606 g/mol. The Balaban J connectivity index is 0.000000541. The second-order valence-corrected chi connectivity index (χ2v) is 11.0. The molecule has 1 aliphatic heterocycles. The van der Waals surface area contributed by atoms with Crippen LogP contribution < -0.4 is 10.2 Å². The van der Waals surface area contributed by atoms with Crippen LogP contribution in [-0.2, 0) is 16.8 Å². The number of carboxylic acids is 1. The zero-order valence-corrected chi connectivity index (χ0v) is 23.9. The predicted molar refractivity (Wildman–Crippen MR) is 148 cm³/mol. The molecule has 1 amide bonds. The van der Waals surface area contributed by atoms with Crippen LogP contribution in [0, 0.1) is 5.82 Å². The number of nitrogens with zero attached hydrogens (tertiary/aromatic N) is 6. The monoisotopic (exact) mass is 605 g/mol. The van der Waals surface area contributed by atoms with Gasteiger partial charge >= 0.3 is 12.1 Å². The molecular formula is C28H31F4N7O4. The standard InChI is InChI=1S/C26H30FN7O2.C2HF3O2/c1-26(2,3)25-30-20(16-36-25)24(35)28-14-18-6-5-17(13-19(18)27)23-21-7-8-29-34(21)15-22(31-23)33-11-9-32(4)10-12-33;3-2(4,5)1(6)7/h5-8,13,15-16H,9-12,14H2,1-4H3,(H,28,35);(H,6,7). The molecule has 0 bridgehead atoms. The number of benzene rings is 1. The number of oxazole rings is 1. The fraction of sp³-hybridized carbons (Fsp3) is 0.393. The van der Waals surface area contributed by atoms with Gasteiger partial charge in [0.15, 0.2) is 11.6 Å². The molecule has 0 aliphatic carbocycles. The number of piperazine rings is 1. The number of hydrogen-bond acceptors (Lipinski definition) is 8. The number of carboxylic acid groups (broad SMARTS) is 1. The van der Waals surface area contributed by atoms with Crippen LogP contribution in [0.5, 0.6) is 0 Å². The van der Waals surface area contributed by atoms with Crippen molar-refractivity contribution in [3.8, 4) is 11.3 Å². The lowest BCUT2D eigenvalue weighted by atomic mass is 9.97. The van der Waals surface area contributed by atoms with Crippen LogP contribution in [0.4, 0.5) is 23.4 Å². The number of alkyl halides is 3. The summed E-state index contributed by atoms with van der Waals surface area (Å²) in [5, 5.41) is 14.2. The van der Waals surface area contributed by atoms with Crippen molar-refractivity contribution in [1.29, 1.82) is 0 Å². The van der Waals surface area contributed by atoms with Crippen LogP contribution in [-0.4, -0.2) is 80.9 Å². The van der Waals surface area contributed by atoms with Crippen LogP contribution in [0.15, 0.2) is 47.3 Å². The fourth-order valence-corrected chi connectivity index (χ4v) is 4.14. The van der Waals surface area contributed by atoms with Gasteiger partial charge in [-0.2, -0.15) is 18.3 Å². The molecule has 0 radical (unpaired) electrons. The highest BCUT2D eigenvalue weighted by Crippen LogP contribution is 2.28. The second-order valence-electron chi connectivity index (χ2n) is 11.0. The minimum absolute atomic E-state index is 0.0273. The minimum Gasteiger partial charge on any atom is -0.475 e. The molecule has 1 saturated heterocycles. The molecule has 1 aromatic carbocycles. The van der Waals surface area contributed by atoms with Crippen LogP contribution in [0.1, 0.15) is 42.7 Å². The summed E-state index contributed by atoms with van der Waals surface area (Å²) in [6.45, 7) is 9.52. The van der Waals surface area contributed by atoms with Gasteiger partial charge in [0.2, 0.25) is 0 Å². The van der Waals surface area contributed by atoms with Crippen LogP contribution >= 0.6 is 0 Å². The third-order valence-electron chi connectivity index (χ3n) is 6.59. The Morgan fingerprint density at radius 2 is 1.74 bits per heavy atom. The van der Waals surface area contributed by atoms with Crippen molar-refractivity contribution in [3.05, 3.63) is 65.9 Å². The van der Waals surface area contributed by atoms with E-state index in [0.29, 0.717) is 22.7 Å². The van der Waals surface area contributed by atoms with Gasteiger partial charge in [0, 0.05) is 49.3 Å². The molecule has 0 unspecified atom stereocenters. The first-order chi connectivity index (χ1) is 20.1. The SMILES string of the molecule is CN1CCN(c2cn3nccc3c(-c3ccc(CNC(=O)c4coc(C(C)(C)C)n4)c(F)c3)n2)CC1.O=C(O)C(F)(F)F. The van der Waals surface area contributed by atoms with Crippen molar-refractivity contribution in [3.63, 3.8) is 0 Å². The number of halogens is 4. The molecular weight excluding hydrogens is 574 g/mol. The van der Waals surface area contributed by atoms with Gasteiger partial charge in [-0.15, -0.1) is 0 Å². The maximum atomic E-state index is 15.1. The summed E-state index contributed by atoms with van der Waals surface area (Å²) in [6, 6.07) is 6.82. The van der Waals surface area contributed by atoms with E-state index < -0.39 is 23.9 Å². The summed E-state index contributed by atoms with van der Waals surface area (Å²) in [4.78, 5) is 35.0. The maximum Gasteiger partial charge on any atom is 0.490 e. The van der Waals surface area contributed by atoms with Crippen LogP contribution in [0.3, 0.4) is 0 Å². The number of aromatic nitrogens is 4. The molecule has 3 aromatic heterocycles. The maximum absolute atomic E-state index is 15.1. The van der Waals surface area contributed by atoms with Crippen molar-refractivity contribution in [2.75, 3.05) is 38.1 Å². The summed E-state index contributed by atoms with van der Waals surface area (Å²) in [6.07, 6.45) is -0.131. The average Bonchev–Trinajstić information content (AvgIpc) is 3.62. The Kier molecular flexibility index (Phi) is 9.04. The number of carbonyl (C=O) groups excluding carboxylic acids is 1. The van der Waals surface area contributed by atoms with Gasteiger partial charge in [-0.25, -0.2) is 23.7 Å². The molecule has 0 spiro atoms. The highest BCUT2D eigenvalue weighted by Gasteiger charge is 2.38. The van der Waals surface area contributed by atoms with Gasteiger partial charge in [0.05, 0.1) is 23.6 Å². The van der Waals surface area contributed by atoms with Crippen molar-refractivity contribution in [1.82, 2.24) is 29.8 Å². The lowest BCUT2D eigenvalue weighted by molar-refractivity contribution is -0.192. The molecule has 4 aromatic rings. The molecule has 11 nitrogen and oxygen atoms in total. The molecule has 15 heteroatoms. The third-order valence-corrected chi connectivity index (χ3v) is 6.59. The van der Waals surface area contributed by atoms with Gasteiger partial charge in [-0.1, -0.05) is 32.9 Å². The van der Waals surface area contributed by atoms with Crippen LogP contribution in [0.2, 0.25) is 0 Å². The molecule has 43 heavy (non-hydrogen) atoms. The number of carbonyl (C=O) groups is 2. The molecule has 4 heterocycles. The zero-order chi connectivity index (χ0) is 31.5. The van der Waals surface area contributed by atoms with E-state index >= 15 is 4.39 Å². The number of likely N-dealkylation sites (N-methyl/N-ethyl adjacent to an activating group) is 1. The first-order valence-electron chi connectivity index (χ1n) is 13.2. The van der Waals surface area contributed by atoms with Crippen molar-refractivity contribution in [2.45, 2.75) is 38.9 Å². The lowest BCUT2D eigenvalue weighted by Crippen LogP contribution is -2.44. The number of amides is 1. The van der Waals surface area contributed by atoms with Gasteiger partial charge in [-0.05, 0) is 19.2 Å². The fourth-order valence-electron chi connectivity index (χ4n) is 4.14. The van der Waals surface area contributed by atoms with Crippen molar-refractivity contribution < 1.29 is 36.7 Å². The van der Waals surface area contributed by atoms with Gasteiger partial charge in [-0.3, -0.25) is 4.79 Å². The topological polar surface area (TPSA) is 129 Å². The largest absolute Gasteiger partial charge is 0.490 e. The molecule has 0 saturated carbocycles. The quantitative estimate of drug-likeness (QED) is 0.323. The van der Waals surface area contributed by atoms with Crippen LogP contribution in [0.25, 0.3) is 16.8 Å². The number of hydrogen-bond donors (Lipinski definition) is 2. The zero-order valence-electron chi connectivity index (χ0n) is 23.9. The summed E-state index contributed by atoms with van der Waals surface area (Å²) in [5.41, 5.74) is 2.34. The minimum atomic E-state index is -5.08. The normalized spacial score (nSPS) is 14.4. The van der Waals surface area contributed by atoms with E-state index in [0.717, 1.165) is 37.5 Å². The van der Waals surface area contributed by atoms with E-state index in [1.807, 2.05) is 39.1 Å². The molecule has 0 atom stereocenters. The Labute approximate surface area is 244 Å². The predicted octanol–water partition coefficient (Wildman–Crippen LogP) is 4.14. The number of rotatable bonds is 5. The first kappa shape index (κ1) is 31.4. The molecule has 5 rings (SSSR count). The third kappa shape index (κ3) is 7.66. The molecule has 1 aliphatic rings. The number of anilines is 1. The number of fused-ring (bicyclic) bond motifs is 1. The summed E-state index contributed by atoms with van der Waals surface area (Å²) in [5.74, 6) is -2.31. The first-order valence-corrected chi connectivity index (χ1v) is 13.2. The highest BCUT2D eigenvalue weighted by molar-refractivity contribution is 5.91. The van der Waals surface area contributed by atoms with Crippen molar-refractivity contribution in [2.24, 2.45) is 0 Å². The van der Waals surface area contributed by atoms with E-state index in [1.54, 1.807) is 16.8 Å². The van der Waals surface area contributed by atoms with Gasteiger partial charge in [0.1, 0.15) is 17.9 Å². The Morgan fingerprint density at radius 3 is 2.33 bits per heavy atom. The lowest BCUT2D eigenvalue weighted by Gasteiger charge is -2.33. The summed E-state index contributed by atoms with van der Waals surface area (Å²) in [7, 11) is 2.11. The smallest absolute Gasteiger partial charge is 0.475 e. The van der Waals surface area contributed by atoms with E-state index in [-0.39, 0.29) is 17.7 Å². The van der Waals surface area contributed by atoms with Crippen molar-refractivity contribution >= 4 is 23.2 Å². The van der Waals surface area contributed by atoms with E-state index in [4.69, 9.17) is 19.3 Å². The summed E-state index contributed by atoms with van der Waals surface area (Å²) < 4.78 is 54.1. The Hall–Kier alpha value is -4.53. The molecule has 1 fully saturated rings. The van der Waals surface area contributed by atoms with E-state index in [9.17, 15) is 18.0 Å². The molecule has 2 N–H and O–H groups in total. The summed E-state index contributed by atoms with van der Waals surface area (Å²) >= 11 is 0. The van der Waals surface area contributed by atoms with Gasteiger partial charge < -0.3 is 24.6 Å². The number of aliphatic carboxylic acids is 1. The number of nitrogens with one attached hydrogen (secondary N) is 1. The van der Waals surface area contributed by atoms with Gasteiger partial charge in [0.25, 0.3) is 5.91 Å². The Bertz CT molecular complexity index is 1600. The van der Waals surface area contributed by atoms with E-state index in [2.05, 4.69) is 32.2 Å².